The minimum atomic E-state index is -0.324. The van der Waals surface area contributed by atoms with Crippen LogP contribution in [0.5, 0.6) is 0 Å². The lowest BCUT2D eigenvalue weighted by molar-refractivity contribution is 0.173. The van der Waals surface area contributed by atoms with E-state index in [0.29, 0.717) is 5.41 Å². The molecule has 106 valence electrons. The first kappa shape index (κ1) is 14.4. The van der Waals surface area contributed by atoms with Gasteiger partial charge in [-0.2, -0.15) is 0 Å². The van der Waals surface area contributed by atoms with Crippen molar-refractivity contribution in [3.8, 4) is 0 Å². The Morgan fingerprint density at radius 2 is 1.89 bits per heavy atom. The number of anilines is 1. The molecule has 0 spiro atoms. The SMILES string of the molecule is CC[C@H](O)c1ccc(N2CCC(C(C)(C)C)C2)cc1. The molecule has 1 aliphatic heterocycles. The maximum atomic E-state index is 9.82. The van der Waals surface area contributed by atoms with Crippen LogP contribution in [0, 0.1) is 11.3 Å². The highest BCUT2D eigenvalue weighted by molar-refractivity contribution is 5.49. The molecule has 0 aliphatic carbocycles. The summed E-state index contributed by atoms with van der Waals surface area (Å²) < 4.78 is 0. The van der Waals surface area contributed by atoms with Crippen LogP contribution in [-0.4, -0.2) is 18.2 Å². The van der Waals surface area contributed by atoms with Gasteiger partial charge in [-0.3, -0.25) is 0 Å². The number of nitrogens with zero attached hydrogens (tertiary/aromatic N) is 1. The number of aliphatic hydroxyl groups excluding tert-OH is 1. The van der Waals surface area contributed by atoms with Crippen LogP contribution in [0.2, 0.25) is 0 Å². The van der Waals surface area contributed by atoms with Gasteiger partial charge in [-0.1, -0.05) is 39.8 Å². The third-order valence-corrected chi connectivity index (χ3v) is 4.44. The fourth-order valence-corrected chi connectivity index (χ4v) is 2.84. The van der Waals surface area contributed by atoms with Gasteiger partial charge in [0, 0.05) is 18.8 Å². The van der Waals surface area contributed by atoms with E-state index < -0.39 is 0 Å². The van der Waals surface area contributed by atoms with Gasteiger partial charge in [0.25, 0.3) is 0 Å². The number of aliphatic hydroxyl groups is 1. The van der Waals surface area contributed by atoms with E-state index in [-0.39, 0.29) is 6.10 Å². The minimum Gasteiger partial charge on any atom is -0.388 e. The van der Waals surface area contributed by atoms with E-state index in [1.807, 2.05) is 6.92 Å². The van der Waals surface area contributed by atoms with Gasteiger partial charge >= 0.3 is 0 Å². The number of rotatable bonds is 3. The Balaban J connectivity index is 2.04. The van der Waals surface area contributed by atoms with Gasteiger partial charge in [0.05, 0.1) is 6.10 Å². The molecule has 1 saturated heterocycles. The molecule has 1 aliphatic rings. The minimum absolute atomic E-state index is 0.324. The second kappa shape index (κ2) is 5.54. The van der Waals surface area contributed by atoms with Crippen molar-refractivity contribution in [2.24, 2.45) is 11.3 Å². The lowest BCUT2D eigenvalue weighted by Crippen LogP contribution is -2.25. The van der Waals surface area contributed by atoms with Crippen molar-refractivity contribution >= 4 is 5.69 Å². The first-order chi connectivity index (χ1) is 8.91. The lowest BCUT2D eigenvalue weighted by atomic mass is 9.80. The van der Waals surface area contributed by atoms with Crippen LogP contribution in [0.1, 0.15) is 52.2 Å². The highest BCUT2D eigenvalue weighted by Crippen LogP contribution is 2.35. The largest absolute Gasteiger partial charge is 0.388 e. The average molecular weight is 261 g/mol. The zero-order chi connectivity index (χ0) is 14.0. The highest BCUT2D eigenvalue weighted by atomic mass is 16.3. The molecule has 0 bridgehead atoms. The molecule has 2 nitrogen and oxygen atoms in total. The van der Waals surface area contributed by atoms with Crippen molar-refractivity contribution in [2.45, 2.75) is 46.6 Å². The molecule has 1 heterocycles. The van der Waals surface area contributed by atoms with E-state index in [0.717, 1.165) is 31.0 Å². The summed E-state index contributed by atoms with van der Waals surface area (Å²) in [5.41, 5.74) is 2.71. The molecule has 1 aromatic rings. The summed E-state index contributed by atoms with van der Waals surface area (Å²) in [6.45, 7) is 11.3. The van der Waals surface area contributed by atoms with Crippen molar-refractivity contribution in [1.29, 1.82) is 0 Å². The molecule has 1 aromatic carbocycles. The van der Waals surface area contributed by atoms with Crippen LogP contribution in [0.15, 0.2) is 24.3 Å². The van der Waals surface area contributed by atoms with E-state index in [9.17, 15) is 5.11 Å². The van der Waals surface area contributed by atoms with Crippen molar-refractivity contribution in [3.63, 3.8) is 0 Å². The van der Waals surface area contributed by atoms with Gasteiger partial charge in [-0.15, -0.1) is 0 Å². The van der Waals surface area contributed by atoms with Crippen LogP contribution in [-0.2, 0) is 0 Å². The maximum absolute atomic E-state index is 9.82. The Morgan fingerprint density at radius 1 is 1.26 bits per heavy atom. The summed E-state index contributed by atoms with van der Waals surface area (Å²) in [6.07, 6.45) is 1.73. The number of hydrogen-bond acceptors (Lipinski definition) is 2. The fraction of sp³-hybridized carbons (Fsp3) is 0.647. The molecule has 0 aromatic heterocycles. The topological polar surface area (TPSA) is 23.5 Å². The highest BCUT2D eigenvalue weighted by Gasteiger charge is 2.31. The Bertz CT molecular complexity index is 404. The molecule has 2 atom stereocenters. The van der Waals surface area contributed by atoms with Crippen molar-refractivity contribution in [2.75, 3.05) is 18.0 Å². The van der Waals surface area contributed by atoms with Crippen molar-refractivity contribution in [3.05, 3.63) is 29.8 Å². The van der Waals surface area contributed by atoms with E-state index in [1.54, 1.807) is 0 Å². The molecule has 2 rings (SSSR count). The monoisotopic (exact) mass is 261 g/mol. The number of hydrogen-bond donors (Lipinski definition) is 1. The van der Waals surface area contributed by atoms with Crippen LogP contribution in [0.3, 0.4) is 0 Å². The molecule has 0 radical (unpaired) electrons. The normalized spacial score (nSPS) is 21.7. The average Bonchev–Trinajstić information content (AvgIpc) is 2.87. The van der Waals surface area contributed by atoms with E-state index in [4.69, 9.17) is 0 Å². The summed E-state index contributed by atoms with van der Waals surface area (Å²) in [7, 11) is 0. The first-order valence-corrected chi connectivity index (χ1v) is 7.44. The van der Waals surface area contributed by atoms with Gasteiger partial charge in [0.2, 0.25) is 0 Å². The van der Waals surface area contributed by atoms with Crippen molar-refractivity contribution < 1.29 is 5.11 Å². The van der Waals surface area contributed by atoms with Gasteiger partial charge in [-0.25, -0.2) is 0 Å². The zero-order valence-corrected chi connectivity index (χ0v) is 12.7. The fourth-order valence-electron chi connectivity index (χ4n) is 2.84. The summed E-state index contributed by atoms with van der Waals surface area (Å²) in [5.74, 6) is 0.772. The molecule has 2 heteroatoms. The predicted molar refractivity (Wildman–Crippen MR) is 81.5 cm³/mol. The molecule has 19 heavy (non-hydrogen) atoms. The van der Waals surface area contributed by atoms with Crippen LogP contribution >= 0.6 is 0 Å². The Kier molecular flexibility index (Phi) is 4.19. The van der Waals surface area contributed by atoms with Crippen LogP contribution < -0.4 is 4.90 Å². The Labute approximate surface area is 117 Å². The quantitative estimate of drug-likeness (QED) is 0.889. The standard InChI is InChI=1S/C17H27NO/c1-5-16(19)13-6-8-15(9-7-13)18-11-10-14(12-18)17(2,3)4/h6-9,14,16,19H,5,10-12H2,1-4H3/t14?,16-/m0/s1. The third kappa shape index (κ3) is 3.30. The molecule has 0 amide bonds. The first-order valence-electron chi connectivity index (χ1n) is 7.44. The lowest BCUT2D eigenvalue weighted by Gasteiger charge is -2.27. The van der Waals surface area contributed by atoms with Gasteiger partial charge in [0.15, 0.2) is 0 Å². The van der Waals surface area contributed by atoms with E-state index >= 15 is 0 Å². The van der Waals surface area contributed by atoms with E-state index in [2.05, 4.69) is 49.9 Å². The van der Waals surface area contributed by atoms with Crippen LogP contribution in [0.4, 0.5) is 5.69 Å². The smallest absolute Gasteiger partial charge is 0.0787 e. The van der Waals surface area contributed by atoms with Gasteiger partial charge in [0.1, 0.15) is 0 Å². The van der Waals surface area contributed by atoms with Crippen molar-refractivity contribution in [1.82, 2.24) is 0 Å². The maximum Gasteiger partial charge on any atom is 0.0787 e. The summed E-state index contributed by atoms with van der Waals surface area (Å²) in [5, 5.41) is 9.82. The summed E-state index contributed by atoms with van der Waals surface area (Å²) in [4.78, 5) is 2.47. The second-order valence-corrected chi connectivity index (χ2v) is 6.81. The van der Waals surface area contributed by atoms with Crippen LogP contribution in [0.25, 0.3) is 0 Å². The Hall–Kier alpha value is -1.02. The zero-order valence-electron chi connectivity index (χ0n) is 12.7. The van der Waals surface area contributed by atoms with Gasteiger partial charge in [-0.05, 0) is 41.9 Å². The third-order valence-electron chi connectivity index (χ3n) is 4.44. The predicted octanol–water partition coefficient (Wildman–Crippen LogP) is 4.00. The Morgan fingerprint density at radius 3 is 2.37 bits per heavy atom. The summed E-state index contributed by atoms with van der Waals surface area (Å²) in [6, 6.07) is 8.43. The van der Waals surface area contributed by atoms with Gasteiger partial charge < -0.3 is 10.0 Å². The summed E-state index contributed by atoms with van der Waals surface area (Å²) >= 11 is 0. The molecule has 1 N–H and O–H groups in total. The molecule has 1 fully saturated rings. The second-order valence-electron chi connectivity index (χ2n) is 6.81. The number of benzene rings is 1. The molecule has 0 saturated carbocycles. The van der Waals surface area contributed by atoms with E-state index in [1.165, 1.54) is 12.1 Å². The molecule has 1 unspecified atom stereocenters. The molecular weight excluding hydrogens is 234 g/mol. The molecular formula is C17H27NO.